The van der Waals surface area contributed by atoms with E-state index >= 15 is 0 Å². The summed E-state index contributed by atoms with van der Waals surface area (Å²) in [7, 11) is 3.70. The van der Waals surface area contributed by atoms with Crippen LogP contribution >= 0.6 is 0 Å². The first kappa shape index (κ1) is 20.4. The first-order valence-electron chi connectivity index (χ1n) is 9.22. The van der Waals surface area contributed by atoms with Crippen molar-refractivity contribution in [1.82, 2.24) is 10.6 Å². The number of guanidine groups is 1. The van der Waals surface area contributed by atoms with Gasteiger partial charge in [0.15, 0.2) is 5.96 Å². The lowest BCUT2D eigenvalue weighted by Crippen LogP contribution is -2.38. The standard InChI is InChI=1S/C19H29F3N4/c1-23-18(24-13-12-19(20,21)22)25-14-15-8-10-17(11-9-15)26(2)16-6-4-3-5-7-16/h8-11,16H,3-7,12-14H2,1-2H3,(H2,23,24,25). The van der Waals surface area contributed by atoms with Crippen molar-refractivity contribution in [3.05, 3.63) is 29.8 Å². The van der Waals surface area contributed by atoms with Crippen LogP contribution in [0.3, 0.4) is 0 Å². The molecule has 1 aliphatic rings. The van der Waals surface area contributed by atoms with E-state index in [0.29, 0.717) is 18.5 Å². The quantitative estimate of drug-likeness (QED) is 0.586. The first-order valence-corrected chi connectivity index (χ1v) is 9.22. The van der Waals surface area contributed by atoms with Crippen LogP contribution < -0.4 is 15.5 Å². The largest absolute Gasteiger partial charge is 0.390 e. The molecule has 0 bridgehead atoms. The summed E-state index contributed by atoms with van der Waals surface area (Å²) in [5, 5.41) is 5.72. The summed E-state index contributed by atoms with van der Waals surface area (Å²) in [5.74, 6) is 0.373. The molecule has 0 radical (unpaired) electrons. The summed E-state index contributed by atoms with van der Waals surface area (Å²) in [5.41, 5.74) is 2.26. The third kappa shape index (κ3) is 6.77. The second-order valence-electron chi connectivity index (χ2n) is 6.79. The number of hydrogen-bond donors (Lipinski definition) is 2. The van der Waals surface area contributed by atoms with E-state index in [1.165, 1.54) is 37.8 Å². The zero-order valence-electron chi connectivity index (χ0n) is 15.6. The summed E-state index contributed by atoms with van der Waals surface area (Å²) >= 11 is 0. The average Bonchev–Trinajstić information content (AvgIpc) is 2.64. The molecule has 0 amide bonds. The topological polar surface area (TPSA) is 39.7 Å². The molecule has 1 aromatic carbocycles. The zero-order valence-corrected chi connectivity index (χ0v) is 15.6. The second kappa shape index (κ2) is 9.69. The van der Waals surface area contributed by atoms with Crippen molar-refractivity contribution in [2.75, 3.05) is 25.5 Å². The molecule has 26 heavy (non-hydrogen) atoms. The third-order valence-electron chi connectivity index (χ3n) is 4.85. The Balaban J connectivity index is 1.80. The summed E-state index contributed by atoms with van der Waals surface area (Å²) in [6.07, 6.45) is 1.41. The summed E-state index contributed by atoms with van der Waals surface area (Å²) in [6, 6.07) is 8.91. The molecule has 1 aliphatic carbocycles. The van der Waals surface area contributed by atoms with Crippen LogP contribution in [-0.4, -0.2) is 38.8 Å². The zero-order chi connectivity index (χ0) is 19.0. The molecule has 2 N–H and O–H groups in total. The van der Waals surface area contributed by atoms with E-state index in [4.69, 9.17) is 0 Å². The Hall–Kier alpha value is -1.92. The van der Waals surface area contributed by atoms with Gasteiger partial charge in [-0.15, -0.1) is 0 Å². The van der Waals surface area contributed by atoms with Gasteiger partial charge in [0.2, 0.25) is 0 Å². The van der Waals surface area contributed by atoms with Crippen molar-refractivity contribution in [3.8, 4) is 0 Å². The Kier molecular flexibility index (Phi) is 7.60. The third-order valence-corrected chi connectivity index (χ3v) is 4.85. The number of nitrogens with one attached hydrogen (secondary N) is 2. The molecule has 0 unspecified atom stereocenters. The normalized spacial score (nSPS) is 16.4. The minimum absolute atomic E-state index is 0.186. The van der Waals surface area contributed by atoms with E-state index in [0.717, 1.165) is 5.56 Å². The van der Waals surface area contributed by atoms with Crippen LogP contribution in [0.25, 0.3) is 0 Å². The van der Waals surface area contributed by atoms with Crippen LogP contribution in [0.15, 0.2) is 29.3 Å². The number of aliphatic imine (C=N–C) groups is 1. The van der Waals surface area contributed by atoms with Gasteiger partial charge in [-0.1, -0.05) is 31.4 Å². The number of nitrogens with zero attached hydrogens (tertiary/aromatic N) is 2. The highest BCUT2D eigenvalue weighted by Gasteiger charge is 2.26. The molecule has 4 nitrogen and oxygen atoms in total. The molecule has 146 valence electrons. The van der Waals surface area contributed by atoms with Gasteiger partial charge >= 0.3 is 6.18 Å². The fourth-order valence-electron chi connectivity index (χ4n) is 3.26. The number of rotatable bonds is 6. The molecule has 0 aromatic heterocycles. The number of benzene rings is 1. The monoisotopic (exact) mass is 370 g/mol. The van der Waals surface area contributed by atoms with E-state index in [2.05, 4.69) is 39.7 Å². The van der Waals surface area contributed by atoms with Gasteiger partial charge in [-0.05, 0) is 30.5 Å². The SMILES string of the molecule is CN=C(NCCC(F)(F)F)NCc1ccc(N(C)C2CCCCC2)cc1. The molecule has 1 aromatic rings. The van der Waals surface area contributed by atoms with E-state index in [1.54, 1.807) is 7.05 Å². The Labute approximate surface area is 153 Å². The lowest BCUT2D eigenvalue weighted by molar-refractivity contribution is -0.132. The number of anilines is 1. The van der Waals surface area contributed by atoms with E-state index in [9.17, 15) is 13.2 Å². The lowest BCUT2D eigenvalue weighted by Gasteiger charge is -2.33. The molecule has 0 atom stereocenters. The summed E-state index contributed by atoms with van der Waals surface area (Å²) in [6.45, 7) is 0.327. The van der Waals surface area contributed by atoms with Gasteiger partial charge in [0, 0.05) is 38.9 Å². The van der Waals surface area contributed by atoms with Crippen molar-refractivity contribution in [2.24, 2.45) is 4.99 Å². The van der Waals surface area contributed by atoms with Gasteiger partial charge in [-0.3, -0.25) is 4.99 Å². The predicted octanol–water partition coefficient (Wildman–Crippen LogP) is 4.07. The van der Waals surface area contributed by atoms with Crippen LogP contribution in [0.2, 0.25) is 0 Å². The molecular weight excluding hydrogens is 341 g/mol. The maximum atomic E-state index is 12.2. The van der Waals surface area contributed by atoms with E-state index in [-0.39, 0.29) is 6.54 Å². The van der Waals surface area contributed by atoms with Gasteiger partial charge in [0.1, 0.15) is 0 Å². The highest BCUT2D eigenvalue weighted by atomic mass is 19.4. The average molecular weight is 370 g/mol. The smallest absolute Gasteiger partial charge is 0.372 e. The highest BCUT2D eigenvalue weighted by Crippen LogP contribution is 2.26. The Morgan fingerprint density at radius 2 is 1.77 bits per heavy atom. The predicted molar refractivity (Wildman–Crippen MR) is 101 cm³/mol. The molecule has 7 heteroatoms. The molecule has 1 saturated carbocycles. The molecule has 0 saturated heterocycles. The van der Waals surface area contributed by atoms with Crippen LogP contribution in [-0.2, 0) is 6.54 Å². The van der Waals surface area contributed by atoms with Crippen LogP contribution in [0.4, 0.5) is 18.9 Å². The number of halogens is 3. The van der Waals surface area contributed by atoms with Crippen molar-refractivity contribution >= 4 is 11.6 Å². The maximum absolute atomic E-state index is 12.2. The van der Waals surface area contributed by atoms with Gasteiger partial charge in [0.25, 0.3) is 0 Å². The lowest BCUT2D eigenvalue weighted by atomic mass is 9.94. The van der Waals surface area contributed by atoms with Crippen LogP contribution in [0.5, 0.6) is 0 Å². The van der Waals surface area contributed by atoms with Crippen molar-refractivity contribution in [3.63, 3.8) is 0 Å². The fraction of sp³-hybridized carbons (Fsp3) is 0.632. The van der Waals surface area contributed by atoms with E-state index in [1.807, 2.05) is 12.1 Å². The molecule has 0 heterocycles. The second-order valence-corrected chi connectivity index (χ2v) is 6.79. The molecule has 1 fully saturated rings. The Morgan fingerprint density at radius 1 is 1.12 bits per heavy atom. The summed E-state index contributed by atoms with van der Waals surface area (Å²) in [4.78, 5) is 6.30. The minimum atomic E-state index is -4.16. The van der Waals surface area contributed by atoms with Gasteiger partial charge in [-0.25, -0.2) is 0 Å². The molecule has 0 spiro atoms. The molecule has 2 rings (SSSR count). The maximum Gasteiger partial charge on any atom is 0.390 e. The summed E-state index contributed by atoms with van der Waals surface area (Å²) < 4.78 is 36.6. The van der Waals surface area contributed by atoms with Crippen LogP contribution in [0, 0.1) is 0 Å². The minimum Gasteiger partial charge on any atom is -0.372 e. The number of hydrogen-bond acceptors (Lipinski definition) is 2. The Bertz CT molecular complexity index is 563. The van der Waals surface area contributed by atoms with Gasteiger partial charge in [0.05, 0.1) is 6.42 Å². The van der Waals surface area contributed by atoms with Gasteiger partial charge in [-0.2, -0.15) is 13.2 Å². The van der Waals surface area contributed by atoms with Crippen molar-refractivity contribution in [2.45, 2.75) is 57.3 Å². The van der Waals surface area contributed by atoms with Crippen molar-refractivity contribution < 1.29 is 13.2 Å². The van der Waals surface area contributed by atoms with Gasteiger partial charge < -0.3 is 15.5 Å². The fourth-order valence-corrected chi connectivity index (χ4v) is 3.26. The highest BCUT2D eigenvalue weighted by molar-refractivity contribution is 5.79. The van der Waals surface area contributed by atoms with Crippen molar-refractivity contribution in [1.29, 1.82) is 0 Å². The number of alkyl halides is 3. The van der Waals surface area contributed by atoms with E-state index < -0.39 is 12.6 Å². The molecular formula is C19H29F3N4. The Morgan fingerprint density at radius 3 is 2.35 bits per heavy atom. The molecule has 0 aliphatic heterocycles. The van der Waals surface area contributed by atoms with Crippen LogP contribution in [0.1, 0.15) is 44.1 Å². The first-order chi connectivity index (χ1) is 12.4.